The van der Waals surface area contributed by atoms with Crippen molar-refractivity contribution in [3.05, 3.63) is 47.2 Å². The van der Waals surface area contributed by atoms with Crippen LogP contribution in [-0.2, 0) is 0 Å². The van der Waals surface area contributed by atoms with Gasteiger partial charge in [-0.15, -0.1) is 0 Å². The highest BCUT2D eigenvalue weighted by atomic mass is 35.5. The second kappa shape index (κ2) is 4.68. The first kappa shape index (κ1) is 11.2. The predicted molar refractivity (Wildman–Crippen MR) is 65.8 cm³/mol. The van der Waals surface area contributed by atoms with Gasteiger partial charge in [0.05, 0.1) is 16.9 Å². The molecule has 2 rings (SSSR count). The molecular weight excluding hydrogens is 222 g/mol. The second-order valence-corrected chi connectivity index (χ2v) is 4.15. The fourth-order valence-corrected chi connectivity index (χ4v) is 1.69. The van der Waals surface area contributed by atoms with Gasteiger partial charge in [0.1, 0.15) is 0 Å². The molecule has 84 valence electrons. The molecule has 0 aliphatic carbocycles. The molecule has 3 nitrogen and oxygen atoms in total. The fourth-order valence-electron chi connectivity index (χ4n) is 1.55. The molecule has 2 N–H and O–H groups in total. The summed E-state index contributed by atoms with van der Waals surface area (Å²) in [5.41, 5.74) is 8.07. The molecule has 0 saturated carbocycles. The van der Waals surface area contributed by atoms with E-state index in [0.717, 1.165) is 17.7 Å². The standard InChI is InChI=1S/C12H14ClN3/c1-2-12(14)9-3-5-11(6-4-9)16-8-10(13)7-15-16/h3-8,12H,2,14H2,1H3. The van der Waals surface area contributed by atoms with E-state index in [-0.39, 0.29) is 6.04 Å². The lowest BCUT2D eigenvalue weighted by Crippen LogP contribution is -2.08. The highest BCUT2D eigenvalue weighted by Gasteiger charge is 2.04. The van der Waals surface area contributed by atoms with Crippen molar-refractivity contribution < 1.29 is 0 Å². The van der Waals surface area contributed by atoms with E-state index in [4.69, 9.17) is 17.3 Å². The third-order valence-electron chi connectivity index (χ3n) is 2.58. The van der Waals surface area contributed by atoms with Crippen molar-refractivity contribution in [2.45, 2.75) is 19.4 Å². The largest absolute Gasteiger partial charge is 0.324 e. The van der Waals surface area contributed by atoms with E-state index < -0.39 is 0 Å². The zero-order valence-electron chi connectivity index (χ0n) is 9.10. The van der Waals surface area contributed by atoms with Crippen LogP contribution < -0.4 is 5.73 Å². The van der Waals surface area contributed by atoms with Gasteiger partial charge in [0.15, 0.2) is 0 Å². The number of hydrogen-bond acceptors (Lipinski definition) is 2. The third-order valence-corrected chi connectivity index (χ3v) is 2.77. The molecule has 0 amide bonds. The molecule has 0 fully saturated rings. The maximum atomic E-state index is 5.94. The SMILES string of the molecule is CCC(N)c1ccc(-n2cc(Cl)cn2)cc1. The number of hydrogen-bond donors (Lipinski definition) is 1. The summed E-state index contributed by atoms with van der Waals surface area (Å²) in [7, 11) is 0. The Morgan fingerprint density at radius 1 is 1.38 bits per heavy atom. The number of nitrogens with two attached hydrogens (primary N) is 1. The van der Waals surface area contributed by atoms with Crippen LogP contribution in [0.3, 0.4) is 0 Å². The zero-order chi connectivity index (χ0) is 11.5. The first-order chi connectivity index (χ1) is 7.70. The van der Waals surface area contributed by atoms with Gasteiger partial charge in [0.25, 0.3) is 0 Å². The quantitative estimate of drug-likeness (QED) is 0.889. The Morgan fingerprint density at radius 3 is 2.56 bits per heavy atom. The number of aromatic nitrogens is 2. The lowest BCUT2D eigenvalue weighted by Gasteiger charge is -2.09. The summed E-state index contributed by atoms with van der Waals surface area (Å²) < 4.78 is 1.74. The lowest BCUT2D eigenvalue weighted by atomic mass is 10.1. The topological polar surface area (TPSA) is 43.8 Å². The maximum Gasteiger partial charge on any atom is 0.0790 e. The van der Waals surface area contributed by atoms with Crippen molar-refractivity contribution in [3.8, 4) is 5.69 Å². The number of nitrogens with zero attached hydrogens (tertiary/aromatic N) is 2. The second-order valence-electron chi connectivity index (χ2n) is 3.71. The molecule has 1 heterocycles. The van der Waals surface area contributed by atoms with Crippen molar-refractivity contribution in [1.29, 1.82) is 0 Å². The summed E-state index contributed by atoms with van der Waals surface area (Å²) in [6.45, 7) is 2.08. The summed E-state index contributed by atoms with van der Waals surface area (Å²) >= 11 is 5.81. The van der Waals surface area contributed by atoms with Gasteiger partial charge in [-0.3, -0.25) is 0 Å². The smallest absolute Gasteiger partial charge is 0.0790 e. The molecule has 2 aromatic rings. The van der Waals surface area contributed by atoms with Crippen LogP contribution >= 0.6 is 11.6 Å². The zero-order valence-corrected chi connectivity index (χ0v) is 9.85. The van der Waals surface area contributed by atoms with Crippen molar-refractivity contribution in [1.82, 2.24) is 9.78 Å². The fraction of sp³-hybridized carbons (Fsp3) is 0.250. The van der Waals surface area contributed by atoms with Gasteiger partial charge in [-0.2, -0.15) is 5.10 Å². The molecule has 1 unspecified atom stereocenters. The Balaban J connectivity index is 2.25. The lowest BCUT2D eigenvalue weighted by molar-refractivity contribution is 0.698. The summed E-state index contributed by atoms with van der Waals surface area (Å²) in [6.07, 6.45) is 4.33. The summed E-state index contributed by atoms with van der Waals surface area (Å²) in [4.78, 5) is 0. The number of benzene rings is 1. The molecule has 0 aliphatic heterocycles. The highest BCUT2D eigenvalue weighted by Crippen LogP contribution is 2.17. The normalized spacial score (nSPS) is 12.7. The van der Waals surface area contributed by atoms with Crippen molar-refractivity contribution >= 4 is 11.6 Å². The van der Waals surface area contributed by atoms with E-state index >= 15 is 0 Å². The molecule has 0 aliphatic rings. The first-order valence-corrected chi connectivity index (χ1v) is 5.64. The Bertz CT molecular complexity index is 461. The first-order valence-electron chi connectivity index (χ1n) is 5.27. The average molecular weight is 236 g/mol. The molecule has 1 aromatic carbocycles. The van der Waals surface area contributed by atoms with Gasteiger partial charge < -0.3 is 5.73 Å². The van der Waals surface area contributed by atoms with E-state index in [9.17, 15) is 0 Å². The summed E-state index contributed by atoms with van der Waals surface area (Å²) in [6, 6.07) is 8.15. The monoisotopic (exact) mass is 235 g/mol. The third kappa shape index (κ3) is 2.26. The molecule has 16 heavy (non-hydrogen) atoms. The average Bonchev–Trinajstić information content (AvgIpc) is 2.75. The Morgan fingerprint density at radius 2 is 2.06 bits per heavy atom. The van der Waals surface area contributed by atoms with Crippen molar-refractivity contribution in [2.75, 3.05) is 0 Å². The van der Waals surface area contributed by atoms with E-state index in [2.05, 4.69) is 12.0 Å². The Kier molecular flexibility index (Phi) is 3.27. The van der Waals surface area contributed by atoms with Crippen LogP contribution in [0.25, 0.3) is 5.69 Å². The summed E-state index contributed by atoms with van der Waals surface area (Å²) in [5.74, 6) is 0. The van der Waals surface area contributed by atoms with E-state index in [1.165, 1.54) is 0 Å². The van der Waals surface area contributed by atoms with Crippen molar-refractivity contribution in [3.63, 3.8) is 0 Å². The predicted octanol–water partition coefficient (Wildman–Crippen LogP) is 2.94. The molecule has 1 aromatic heterocycles. The molecule has 4 heteroatoms. The van der Waals surface area contributed by atoms with Gasteiger partial charge in [0, 0.05) is 12.2 Å². The van der Waals surface area contributed by atoms with Crippen LogP contribution in [0.4, 0.5) is 0 Å². The van der Waals surface area contributed by atoms with Gasteiger partial charge in [-0.1, -0.05) is 30.7 Å². The minimum atomic E-state index is 0.107. The van der Waals surface area contributed by atoms with E-state index in [1.54, 1.807) is 17.1 Å². The van der Waals surface area contributed by atoms with Crippen molar-refractivity contribution in [2.24, 2.45) is 5.73 Å². The van der Waals surface area contributed by atoms with Crippen LogP contribution in [0.2, 0.25) is 5.02 Å². The number of rotatable bonds is 3. The van der Waals surface area contributed by atoms with Gasteiger partial charge >= 0.3 is 0 Å². The van der Waals surface area contributed by atoms with Crippen LogP contribution in [0.5, 0.6) is 0 Å². The van der Waals surface area contributed by atoms with Gasteiger partial charge in [0.2, 0.25) is 0 Å². The molecule has 1 atom stereocenters. The minimum Gasteiger partial charge on any atom is -0.324 e. The Labute approximate surface area is 99.8 Å². The minimum absolute atomic E-state index is 0.107. The molecule has 0 saturated heterocycles. The van der Waals surface area contributed by atoms with Crippen LogP contribution in [-0.4, -0.2) is 9.78 Å². The van der Waals surface area contributed by atoms with E-state index in [0.29, 0.717) is 5.02 Å². The maximum absolute atomic E-state index is 5.94. The number of halogens is 1. The van der Waals surface area contributed by atoms with Crippen LogP contribution in [0, 0.1) is 0 Å². The molecular formula is C12H14ClN3. The van der Waals surface area contributed by atoms with Crippen LogP contribution in [0.15, 0.2) is 36.7 Å². The van der Waals surface area contributed by atoms with Gasteiger partial charge in [-0.05, 0) is 24.1 Å². The summed E-state index contributed by atoms with van der Waals surface area (Å²) in [5, 5.41) is 4.77. The Hall–Kier alpha value is -1.32. The molecule has 0 spiro atoms. The van der Waals surface area contributed by atoms with Crippen LogP contribution in [0.1, 0.15) is 24.9 Å². The molecule has 0 radical (unpaired) electrons. The highest BCUT2D eigenvalue weighted by molar-refractivity contribution is 6.30. The molecule has 0 bridgehead atoms. The van der Waals surface area contributed by atoms with E-state index in [1.807, 2.05) is 24.3 Å². The van der Waals surface area contributed by atoms with Gasteiger partial charge in [-0.25, -0.2) is 4.68 Å².